The molecule has 4 rings (SSSR count). The van der Waals surface area contributed by atoms with Crippen molar-refractivity contribution in [3.05, 3.63) is 96.4 Å². The van der Waals surface area contributed by atoms with Gasteiger partial charge < -0.3 is 0 Å². The highest BCUT2D eigenvalue weighted by Gasteiger charge is 2.17. The smallest absolute Gasteiger partial charge is 0.132 e. The molecule has 0 radical (unpaired) electrons. The normalized spacial score (nSPS) is 10.8. The standard InChI is InChI=1S/C22H16ClFN2/c23-14-18-15-25-26(22(18)20-8-4-5-9-21(20)24)19-12-10-17(11-13-19)16-6-2-1-3-7-16/h1-13,15H,14H2. The van der Waals surface area contributed by atoms with Crippen molar-refractivity contribution in [1.82, 2.24) is 9.78 Å². The van der Waals surface area contributed by atoms with E-state index in [0.717, 1.165) is 22.4 Å². The quantitative estimate of drug-likeness (QED) is 0.402. The lowest BCUT2D eigenvalue weighted by atomic mass is 10.0. The van der Waals surface area contributed by atoms with Crippen LogP contribution in [-0.4, -0.2) is 9.78 Å². The summed E-state index contributed by atoms with van der Waals surface area (Å²) in [6.45, 7) is 0. The summed E-state index contributed by atoms with van der Waals surface area (Å²) in [4.78, 5) is 0. The lowest BCUT2D eigenvalue weighted by molar-refractivity contribution is 0.629. The summed E-state index contributed by atoms with van der Waals surface area (Å²) >= 11 is 6.06. The van der Waals surface area contributed by atoms with E-state index >= 15 is 0 Å². The molecule has 0 unspecified atom stereocenters. The van der Waals surface area contributed by atoms with Crippen molar-refractivity contribution in [2.75, 3.05) is 0 Å². The summed E-state index contributed by atoms with van der Waals surface area (Å²) in [6, 6.07) is 24.9. The number of halogens is 2. The molecule has 0 aliphatic carbocycles. The van der Waals surface area contributed by atoms with Gasteiger partial charge in [-0.2, -0.15) is 5.10 Å². The van der Waals surface area contributed by atoms with E-state index in [0.29, 0.717) is 11.3 Å². The van der Waals surface area contributed by atoms with Crippen LogP contribution in [0.15, 0.2) is 85.1 Å². The maximum Gasteiger partial charge on any atom is 0.132 e. The Bertz CT molecular complexity index is 1020. The van der Waals surface area contributed by atoms with E-state index in [9.17, 15) is 4.39 Å². The van der Waals surface area contributed by atoms with Crippen LogP contribution in [0.25, 0.3) is 28.1 Å². The molecule has 0 bridgehead atoms. The number of hydrogen-bond donors (Lipinski definition) is 0. The molecule has 0 amide bonds. The van der Waals surface area contributed by atoms with Crippen LogP contribution in [-0.2, 0) is 5.88 Å². The molecule has 0 spiro atoms. The highest BCUT2D eigenvalue weighted by Crippen LogP contribution is 2.30. The molecule has 2 nitrogen and oxygen atoms in total. The molecule has 0 N–H and O–H groups in total. The van der Waals surface area contributed by atoms with Crippen molar-refractivity contribution in [1.29, 1.82) is 0 Å². The van der Waals surface area contributed by atoms with Gasteiger partial charge in [0.25, 0.3) is 0 Å². The molecule has 0 atom stereocenters. The van der Waals surface area contributed by atoms with E-state index in [4.69, 9.17) is 11.6 Å². The van der Waals surface area contributed by atoms with Crippen LogP contribution in [0.4, 0.5) is 4.39 Å². The van der Waals surface area contributed by atoms with E-state index in [1.54, 1.807) is 23.0 Å². The molecule has 4 heteroatoms. The van der Waals surface area contributed by atoms with Gasteiger partial charge in [-0.05, 0) is 35.4 Å². The molecule has 0 saturated heterocycles. The number of hydrogen-bond acceptors (Lipinski definition) is 1. The highest BCUT2D eigenvalue weighted by atomic mass is 35.5. The molecule has 4 aromatic rings. The lowest BCUT2D eigenvalue weighted by Gasteiger charge is -2.11. The average molecular weight is 363 g/mol. The van der Waals surface area contributed by atoms with Crippen LogP contribution in [0.5, 0.6) is 0 Å². The fourth-order valence-electron chi connectivity index (χ4n) is 3.04. The van der Waals surface area contributed by atoms with Gasteiger partial charge in [0.2, 0.25) is 0 Å². The summed E-state index contributed by atoms with van der Waals surface area (Å²) in [5.41, 5.74) is 5.10. The van der Waals surface area contributed by atoms with Crippen LogP contribution >= 0.6 is 11.6 Å². The Morgan fingerprint density at radius 3 is 2.15 bits per heavy atom. The third-order valence-corrected chi connectivity index (χ3v) is 4.62. The first kappa shape index (κ1) is 16.6. The number of benzene rings is 3. The van der Waals surface area contributed by atoms with Gasteiger partial charge in [0, 0.05) is 11.1 Å². The Morgan fingerprint density at radius 1 is 0.808 bits per heavy atom. The monoisotopic (exact) mass is 362 g/mol. The van der Waals surface area contributed by atoms with Crippen LogP contribution in [0.1, 0.15) is 5.56 Å². The second-order valence-corrected chi connectivity index (χ2v) is 6.22. The van der Waals surface area contributed by atoms with E-state index in [2.05, 4.69) is 17.2 Å². The summed E-state index contributed by atoms with van der Waals surface area (Å²) in [5.74, 6) is -0.0206. The molecule has 1 aromatic heterocycles. The predicted octanol–water partition coefficient (Wildman–Crippen LogP) is 6.08. The minimum Gasteiger partial charge on any atom is -0.233 e. The maximum atomic E-state index is 14.4. The fraction of sp³-hybridized carbons (Fsp3) is 0.0455. The van der Waals surface area contributed by atoms with Gasteiger partial charge in [-0.25, -0.2) is 9.07 Å². The number of nitrogens with zero attached hydrogens (tertiary/aromatic N) is 2. The van der Waals surface area contributed by atoms with Crippen LogP contribution in [0, 0.1) is 5.82 Å². The molecule has 3 aromatic carbocycles. The molecule has 128 valence electrons. The first-order valence-electron chi connectivity index (χ1n) is 8.31. The van der Waals surface area contributed by atoms with Crippen molar-refractivity contribution in [2.24, 2.45) is 0 Å². The zero-order chi connectivity index (χ0) is 17.9. The average Bonchev–Trinajstić information content (AvgIpc) is 3.13. The molecule has 0 saturated carbocycles. The van der Waals surface area contributed by atoms with Gasteiger partial charge in [-0.15, -0.1) is 11.6 Å². The Balaban J connectivity index is 1.80. The minimum absolute atomic E-state index is 0.270. The minimum atomic E-state index is -0.290. The second-order valence-electron chi connectivity index (χ2n) is 5.96. The fourth-order valence-corrected chi connectivity index (χ4v) is 3.24. The predicted molar refractivity (Wildman–Crippen MR) is 104 cm³/mol. The van der Waals surface area contributed by atoms with Crippen molar-refractivity contribution >= 4 is 11.6 Å². The molecule has 1 heterocycles. The van der Waals surface area contributed by atoms with Gasteiger partial charge in [0.05, 0.1) is 23.5 Å². The van der Waals surface area contributed by atoms with Gasteiger partial charge in [-0.1, -0.05) is 54.6 Å². The largest absolute Gasteiger partial charge is 0.233 e. The molecule has 0 aliphatic rings. The van der Waals surface area contributed by atoms with Gasteiger partial charge in [0.15, 0.2) is 0 Å². The van der Waals surface area contributed by atoms with E-state index in [1.165, 1.54) is 6.07 Å². The van der Waals surface area contributed by atoms with Crippen molar-refractivity contribution in [3.8, 4) is 28.1 Å². The molecular weight excluding hydrogens is 347 g/mol. The molecular formula is C22H16ClFN2. The molecule has 26 heavy (non-hydrogen) atoms. The Morgan fingerprint density at radius 2 is 1.46 bits per heavy atom. The zero-order valence-electron chi connectivity index (χ0n) is 13.9. The van der Waals surface area contributed by atoms with Crippen LogP contribution < -0.4 is 0 Å². The van der Waals surface area contributed by atoms with Crippen molar-refractivity contribution in [2.45, 2.75) is 5.88 Å². The molecule has 0 aliphatic heterocycles. The van der Waals surface area contributed by atoms with Crippen LogP contribution in [0.3, 0.4) is 0 Å². The summed E-state index contributed by atoms with van der Waals surface area (Å²) in [6.07, 6.45) is 1.69. The topological polar surface area (TPSA) is 17.8 Å². The third kappa shape index (κ3) is 3.02. The molecule has 0 fully saturated rings. The van der Waals surface area contributed by atoms with Gasteiger partial charge in [0.1, 0.15) is 5.82 Å². The Hall–Kier alpha value is -2.91. The number of aromatic nitrogens is 2. The summed E-state index contributed by atoms with van der Waals surface area (Å²) in [5, 5.41) is 4.44. The zero-order valence-corrected chi connectivity index (χ0v) is 14.7. The second kappa shape index (κ2) is 7.14. The Kier molecular flexibility index (Phi) is 4.55. The van der Waals surface area contributed by atoms with E-state index in [1.807, 2.05) is 48.5 Å². The summed E-state index contributed by atoms with van der Waals surface area (Å²) < 4.78 is 16.1. The lowest BCUT2D eigenvalue weighted by Crippen LogP contribution is -2.01. The van der Waals surface area contributed by atoms with E-state index in [-0.39, 0.29) is 11.7 Å². The van der Waals surface area contributed by atoms with Gasteiger partial charge >= 0.3 is 0 Å². The number of alkyl halides is 1. The van der Waals surface area contributed by atoms with Gasteiger partial charge in [-0.3, -0.25) is 0 Å². The van der Waals surface area contributed by atoms with Crippen LogP contribution in [0.2, 0.25) is 0 Å². The first-order chi connectivity index (χ1) is 12.8. The SMILES string of the molecule is Fc1ccccc1-c1c(CCl)cnn1-c1ccc(-c2ccccc2)cc1. The van der Waals surface area contributed by atoms with Crippen molar-refractivity contribution < 1.29 is 4.39 Å². The third-order valence-electron chi connectivity index (χ3n) is 4.34. The first-order valence-corrected chi connectivity index (χ1v) is 8.85. The van der Waals surface area contributed by atoms with E-state index < -0.39 is 0 Å². The summed E-state index contributed by atoms with van der Waals surface area (Å²) in [7, 11) is 0. The number of rotatable bonds is 4. The highest BCUT2D eigenvalue weighted by molar-refractivity contribution is 6.17. The van der Waals surface area contributed by atoms with Crippen molar-refractivity contribution in [3.63, 3.8) is 0 Å². The Labute approximate surface area is 156 Å². The maximum absolute atomic E-state index is 14.4.